The van der Waals surface area contributed by atoms with Gasteiger partial charge in [0.05, 0.1) is 36.8 Å². The van der Waals surface area contributed by atoms with E-state index in [-0.39, 0.29) is 49.1 Å². The summed E-state index contributed by atoms with van der Waals surface area (Å²) in [6.45, 7) is 5.75. The maximum atomic E-state index is 14.2. The van der Waals surface area contributed by atoms with Gasteiger partial charge in [0.25, 0.3) is 5.91 Å². The molecule has 0 spiro atoms. The number of aliphatic hydroxyl groups is 1. The molecule has 0 saturated heterocycles. The Morgan fingerprint density at radius 3 is 2.47 bits per heavy atom. The Balaban J connectivity index is 1.88. The summed E-state index contributed by atoms with van der Waals surface area (Å²) >= 11 is 0. The van der Waals surface area contributed by atoms with Gasteiger partial charge in [-0.3, -0.25) is 14.4 Å². The summed E-state index contributed by atoms with van der Waals surface area (Å²) in [5.74, 6) is -1.14. The topological polar surface area (TPSA) is 108 Å². The molecule has 254 valence electrons. The lowest BCUT2D eigenvalue weighted by atomic mass is 9.88. The molecule has 1 aromatic rings. The first kappa shape index (κ1) is 36.6. The van der Waals surface area contributed by atoms with Crippen LogP contribution in [0.3, 0.4) is 0 Å². The van der Waals surface area contributed by atoms with Crippen LogP contribution in [0.25, 0.3) is 0 Å². The number of benzene rings is 1. The third-order valence-electron chi connectivity index (χ3n) is 8.80. The van der Waals surface area contributed by atoms with Gasteiger partial charge in [0.1, 0.15) is 5.75 Å². The van der Waals surface area contributed by atoms with E-state index >= 15 is 0 Å². The third kappa shape index (κ3) is 11.5. The van der Waals surface area contributed by atoms with Crippen molar-refractivity contribution in [3.05, 3.63) is 23.8 Å². The standard InChI is InChI=1S/C33H50F3N3O6/c1-22-19-39(23(2)21-40)32(43)27-18-26(37-31(42)25-11-6-5-7-12-25)13-14-28(27)45-24(3)10-8-9-17-44-29(22)20-38(4)30(41)15-16-33(34,35)36/h13-14,18,22-25,29,40H,5-12,15-17,19-21H2,1-4H3,(H,37,42)/t22-,23+,24-,29-/m0/s1. The summed E-state index contributed by atoms with van der Waals surface area (Å²) in [4.78, 5) is 42.5. The zero-order chi connectivity index (χ0) is 33.1. The highest BCUT2D eigenvalue weighted by molar-refractivity contribution is 6.00. The Kier molecular flexibility index (Phi) is 14.0. The van der Waals surface area contributed by atoms with Crippen molar-refractivity contribution >= 4 is 23.4 Å². The first-order chi connectivity index (χ1) is 21.3. The number of anilines is 1. The molecule has 45 heavy (non-hydrogen) atoms. The van der Waals surface area contributed by atoms with E-state index in [1.165, 1.54) is 16.8 Å². The summed E-state index contributed by atoms with van der Waals surface area (Å²) in [5, 5.41) is 13.1. The number of carbonyl (C=O) groups is 3. The minimum absolute atomic E-state index is 0.0564. The number of rotatable bonds is 8. The van der Waals surface area contributed by atoms with Crippen molar-refractivity contribution in [1.82, 2.24) is 9.80 Å². The van der Waals surface area contributed by atoms with Crippen LogP contribution < -0.4 is 10.1 Å². The van der Waals surface area contributed by atoms with Crippen LogP contribution in [0.1, 0.15) is 95.3 Å². The first-order valence-electron chi connectivity index (χ1n) is 16.2. The van der Waals surface area contributed by atoms with Gasteiger partial charge in [-0.2, -0.15) is 13.2 Å². The highest BCUT2D eigenvalue weighted by Gasteiger charge is 2.33. The lowest BCUT2D eigenvalue weighted by molar-refractivity contribution is -0.149. The zero-order valence-corrected chi connectivity index (χ0v) is 27.0. The van der Waals surface area contributed by atoms with Crippen LogP contribution in [-0.4, -0.2) is 90.4 Å². The summed E-state index contributed by atoms with van der Waals surface area (Å²) in [6.07, 6.45) is -0.0793. The number of likely N-dealkylation sites (N-methyl/N-ethyl adjacent to an activating group) is 1. The number of aliphatic hydroxyl groups excluding tert-OH is 1. The molecular formula is C33H50F3N3O6. The van der Waals surface area contributed by atoms with Crippen LogP contribution in [0.5, 0.6) is 5.75 Å². The van der Waals surface area contributed by atoms with Gasteiger partial charge in [-0.1, -0.05) is 26.2 Å². The Morgan fingerprint density at radius 2 is 1.80 bits per heavy atom. The van der Waals surface area contributed by atoms with E-state index in [2.05, 4.69) is 5.32 Å². The first-order valence-corrected chi connectivity index (χ1v) is 16.2. The number of nitrogens with one attached hydrogen (secondary N) is 1. The lowest BCUT2D eigenvalue weighted by Gasteiger charge is -2.36. The second-order valence-corrected chi connectivity index (χ2v) is 12.7. The van der Waals surface area contributed by atoms with Crippen molar-refractivity contribution in [1.29, 1.82) is 0 Å². The molecule has 3 rings (SSSR count). The molecule has 3 amide bonds. The molecule has 12 heteroatoms. The number of fused-ring (bicyclic) bond motifs is 1. The Labute approximate surface area is 264 Å². The summed E-state index contributed by atoms with van der Waals surface area (Å²) < 4.78 is 50.6. The number of carbonyl (C=O) groups excluding carboxylic acids is 3. The van der Waals surface area contributed by atoms with Gasteiger partial charge >= 0.3 is 6.18 Å². The average molecular weight is 642 g/mol. The van der Waals surface area contributed by atoms with Crippen LogP contribution in [-0.2, 0) is 14.3 Å². The molecule has 2 aliphatic rings. The maximum Gasteiger partial charge on any atom is 0.389 e. The number of amides is 3. The molecule has 1 aliphatic heterocycles. The fourth-order valence-corrected chi connectivity index (χ4v) is 5.88. The second-order valence-electron chi connectivity index (χ2n) is 12.7. The molecule has 0 unspecified atom stereocenters. The van der Waals surface area contributed by atoms with E-state index < -0.39 is 43.0 Å². The monoisotopic (exact) mass is 641 g/mol. The van der Waals surface area contributed by atoms with E-state index in [1.807, 2.05) is 13.8 Å². The second kappa shape index (κ2) is 17.2. The molecule has 9 nitrogen and oxygen atoms in total. The lowest BCUT2D eigenvalue weighted by Crippen LogP contribution is -2.48. The van der Waals surface area contributed by atoms with Crippen LogP contribution in [0, 0.1) is 11.8 Å². The van der Waals surface area contributed by atoms with Crippen LogP contribution in [0.2, 0.25) is 0 Å². The predicted molar refractivity (Wildman–Crippen MR) is 165 cm³/mol. The van der Waals surface area contributed by atoms with Crippen molar-refractivity contribution in [2.45, 2.75) is 109 Å². The van der Waals surface area contributed by atoms with Gasteiger partial charge in [-0.05, 0) is 64.2 Å². The third-order valence-corrected chi connectivity index (χ3v) is 8.80. The quantitative estimate of drug-likeness (QED) is 0.372. The van der Waals surface area contributed by atoms with Crippen molar-refractivity contribution in [2.75, 3.05) is 38.7 Å². The van der Waals surface area contributed by atoms with Gasteiger partial charge in [-0.15, -0.1) is 0 Å². The highest BCUT2D eigenvalue weighted by Crippen LogP contribution is 2.30. The van der Waals surface area contributed by atoms with Crippen LogP contribution in [0.4, 0.5) is 18.9 Å². The van der Waals surface area contributed by atoms with Crippen LogP contribution in [0.15, 0.2) is 18.2 Å². The number of halogens is 3. The average Bonchev–Trinajstić information content (AvgIpc) is 3.01. The zero-order valence-electron chi connectivity index (χ0n) is 27.0. The van der Waals surface area contributed by atoms with Crippen molar-refractivity contribution in [2.24, 2.45) is 11.8 Å². The minimum Gasteiger partial charge on any atom is -0.490 e. The molecule has 1 heterocycles. The number of hydrogen-bond donors (Lipinski definition) is 2. The van der Waals surface area contributed by atoms with Crippen molar-refractivity contribution < 1.29 is 42.1 Å². The van der Waals surface area contributed by atoms with E-state index in [0.29, 0.717) is 30.9 Å². The van der Waals surface area contributed by atoms with E-state index in [4.69, 9.17) is 9.47 Å². The molecule has 0 aromatic heterocycles. The van der Waals surface area contributed by atoms with Crippen molar-refractivity contribution in [3.63, 3.8) is 0 Å². The SMILES string of the molecule is C[C@H](CO)N1C[C@H](C)[C@H](CN(C)C(=O)CCC(F)(F)F)OCCCC[C@H](C)Oc2ccc(NC(=O)C3CCCCC3)cc2C1=O. The van der Waals surface area contributed by atoms with Gasteiger partial charge in [0, 0.05) is 50.7 Å². The Morgan fingerprint density at radius 1 is 1.11 bits per heavy atom. The maximum absolute atomic E-state index is 14.2. The number of ether oxygens (including phenoxy) is 2. The van der Waals surface area contributed by atoms with E-state index in [1.54, 1.807) is 25.1 Å². The molecule has 1 aliphatic carbocycles. The highest BCUT2D eigenvalue weighted by atomic mass is 19.4. The smallest absolute Gasteiger partial charge is 0.389 e. The summed E-state index contributed by atoms with van der Waals surface area (Å²) in [5.41, 5.74) is 0.740. The molecule has 1 aromatic carbocycles. The molecule has 1 fully saturated rings. The number of alkyl halides is 3. The fraction of sp³-hybridized carbons (Fsp3) is 0.727. The Hall–Kier alpha value is -2.86. The molecule has 0 radical (unpaired) electrons. The largest absolute Gasteiger partial charge is 0.490 e. The van der Waals surface area contributed by atoms with Crippen molar-refractivity contribution in [3.8, 4) is 5.75 Å². The van der Waals surface area contributed by atoms with Gasteiger partial charge < -0.3 is 29.7 Å². The van der Waals surface area contributed by atoms with Gasteiger partial charge in [0.15, 0.2) is 0 Å². The Bertz CT molecular complexity index is 1130. The molecule has 4 atom stereocenters. The predicted octanol–water partition coefficient (Wildman–Crippen LogP) is 5.80. The van der Waals surface area contributed by atoms with E-state index in [0.717, 1.165) is 38.5 Å². The summed E-state index contributed by atoms with van der Waals surface area (Å²) in [7, 11) is 1.46. The van der Waals surface area contributed by atoms with Gasteiger partial charge in [-0.25, -0.2) is 0 Å². The number of hydrogen-bond acceptors (Lipinski definition) is 6. The fourth-order valence-electron chi connectivity index (χ4n) is 5.88. The minimum atomic E-state index is -4.43. The van der Waals surface area contributed by atoms with E-state index in [9.17, 15) is 32.7 Å². The molecule has 2 N–H and O–H groups in total. The summed E-state index contributed by atoms with van der Waals surface area (Å²) in [6, 6.07) is 4.47. The molecular weight excluding hydrogens is 591 g/mol. The van der Waals surface area contributed by atoms with Crippen LogP contribution >= 0.6 is 0 Å². The normalized spacial score (nSPS) is 23.3. The molecule has 0 bridgehead atoms. The molecule has 1 saturated carbocycles. The number of nitrogens with zero attached hydrogens (tertiary/aromatic N) is 2. The van der Waals surface area contributed by atoms with Gasteiger partial charge in [0.2, 0.25) is 11.8 Å².